The minimum absolute atomic E-state index is 0.00651. The molecule has 7 heteroatoms. The summed E-state index contributed by atoms with van der Waals surface area (Å²) in [6.45, 7) is 4.12. The van der Waals surface area contributed by atoms with Crippen molar-refractivity contribution in [2.75, 3.05) is 19.9 Å². The van der Waals surface area contributed by atoms with Crippen LogP contribution in [0.25, 0.3) is 0 Å². The van der Waals surface area contributed by atoms with Crippen molar-refractivity contribution in [1.29, 1.82) is 0 Å². The summed E-state index contributed by atoms with van der Waals surface area (Å²) in [6.07, 6.45) is 0. The van der Waals surface area contributed by atoms with Crippen LogP contribution in [0, 0.1) is 0 Å². The summed E-state index contributed by atoms with van der Waals surface area (Å²) in [5.41, 5.74) is 2.77. The maximum Gasteiger partial charge on any atom is 0.391 e. The third-order valence-corrected chi connectivity index (χ3v) is 1.17. The van der Waals surface area contributed by atoms with Crippen LogP contribution in [0.5, 0.6) is 0 Å². The van der Waals surface area contributed by atoms with Crippen molar-refractivity contribution in [2.24, 2.45) is 5.28 Å². The lowest BCUT2D eigenvalue weighted by Gasteiger charge is -2.07. The van der Waals surface area contributed by atoms with E-state index in [-0.39, 0.29) is 6.79 Å². The minimum atomic E-state index is -0.782. The molecule has 1 unspecified atom stereocenters. The fraction of sp³-hybridized carbons (Fsp3) is 1.00. The lowest BCUT2D eigenvalue weighted by Crippen LogP contribution is -2.33. The van der Waals surface area contributed by atoms with Crippen LogP contribution in [0.1, 0.15) is 13.8 Å². The number of hydrogen-bond donors (Lipinski definition) is 1. The zero-order chi connectivity index (χ0) is 9.52. The van der Waals surface area contributed by atoms with Crippen molar-refractivity contribution in [3.63, 3.8) is 0 Å². The predicted octanol–water partition coefficient (Wildman–Crippen LogP) is 0.147. The number of hydrazine groups is 1. The second kappa shape index (κ2) is 5.55. The highest BCUT2D eigenvalue weighted by atomic mass is 17.0. The van der Waals surface area contributed by atoms with Gasteiger partial charge in [-0.25, -0.2) is 0 Å². The highest BCUT2D eigenvalue weighted by Gasteiger charge is 2.24. The molecule has 0 radical (unpaired) electrons. The Hall–Kier alpha value is -1.08. The largest absolute Gasteiger partial charge is 0.391 e. The van der Waals surface area contributed by atoms with Crippen molar-refractivity contribution >= 4 is 0 Å². The number of nitrogens with one attached hydrogen (secondary N) is 1. The highest BCUT2D eigenvalue weighted by Crippen LogP contribution is 2.02. The molecule has 0 aromatic heterocycles. The smallest absolute Gasteiger partial charge is 0.316 e. The first kappa shape index (κ1) is 10.0. The lowest BCUT2D eigenvalue weighted by molar-refractivity contribution is -0.903. The molecular weight excluding hydrogens is 178 g/mol. The van der Waals surface area contributed by atoms with Gasteiger partial charge in [0.05, 0.1) is 13.2 Å². The van der Waals surface area contributed by atoms with Gasteiger partial charge in [-0.2, -0.15) is 4.84 Å². The molecule has 7 nitrogen and oxygen atoms in total. The van der Waals surface area contributed by atoms with E-state index in [4.69, 9.17) is 19.1 Å². The Labute approximate surface area is 76.1 Å². The summed E-state index contributed by atoms with van der Waals surface area (Å²) in [6, 6.07) is 0. The van der Waals surface area contributed by atoms with Crippen molar-refractivity contribution < 1.29 is 24.1 Å². The Balaban J connectivity index is 2.40. The van der Waals surface area contributed by atoms with Gasteiger partial charge in [-0.15, -0.1) is 5.43 Å². The number of hydrogen-bond acceptors (Lipinski definition) is 6. The summed E-state index contributed by atoms with van der Waals surface area (Å²) in [5, 5.41) is 3.54. The summed E-state index contributed by atoms with van der Waals surface area (Å²) in [5.74, 6) is 0. The predicted molar refractivity (Wildman–Crippen MR) is 39.9 cm³/mol. The first-order valence-electron chi connectivity index (χ1n) is 4.13. The summed E-state index contributed by atoms with van der Waals surface area (Å²) in [7, 11) is 0. The molecule has 0 fully saturated rings. The molecule has 0 aromatic rings. The molecule has 0 aromatic carbocycles. The van der Waals surface area contributed by atoms with Crippen LogP contribution >= 0.6 is 0 Å². The van der Waals surface area contributed by atoms with Crippen LogP contribution in [0.4, 0.5) is 0 Å². The normalized spacial score (nSPS) is 22.3. The van der Waals surface area contributed by atoms with E-state index in [2.05, 4.69) is 10.7 Å². The first-order valence-corrected chi connectivity index (χ1v) is 4.13. The average Bonchev–Trinajstić information content (AvgIpc) is 2.32. The van der Waals surface area contributed by atoms with E-state index in [1.165, 1.54) is 0 Å². The molecule has 1 heterocycles. The molecule has 1 aliphatic rings. The van der Waals surface area contributed by atoms with Crippen LogP contribution in [0.15, 0.2) is 5.28 Å². The molecule has 0 bridgehead atoms. The van der Waals surface area contributed by atoms with Gasteiger partial charge in [-0.3, -0.25) is 4.74 Å². The van der Waals surface area contributed by atoms with Crippen LogP contribution in [-0.2, 0) is 19.1 Å². The molecule has 1 atom stereocenters. The quantitative estimate of drug-likeness (QED) is 0.642. The molecule has 0 saturated carbocycles. The minimum Gasteiger partial charge on any atom is -0.316 e. The number of ether oxygens (including phenoxy) is 2. The second-order valence-electron chi connectivity index (χ2n) is 2.13. The Morgan fingerprint density at radius 3 is 3.15 bits per heavy atom. The maximum absolute atomic E-state index is 5.08. The van der Waals surface area contributed by atoms with Gasteiger partial charge in [0.2, 0.25) is 6.79 Å². The van der Waals surface area contributed by atoms with Gasteiger partial charge >= 0.3 is 6.48 Å². The van der Waals surface area contributed by atoms with E-state index in [1.54, 1.807) is 0 Å². The van der Waals surface area contributed by atoms with Crippen LogP contribution in [-0.4, -0.2) is 31.4 Å². The molecule has 1 aliphatic heterocycles. The summed E-state index contributed by atoms with van der Waals surface area (Å²) >= 11 is 0. The zero-order valence-electron chi connectivity index (χ0n) is 7.73. The van der Waals surface area contributed by atoms with Crippen LogP contribution < -0.4 is 5.43 Å². The van der Waals surface area contributed by atoms with Crippen LogP contribution in [0.2, 0.25) is 0 Å². The van der Waals surface area contributed by atoms with Gasteiger partial charge in [0, 0.05) is 0 Å². The zero-order valence-corrected chi connectivity index (χ0v) is 7.73. The number of rotatable bonds is 4. The fourth-order valence-electron chi connectivity index (χ4n) is 0.709. The molecule has 76 valence electrons. The third kappa shape index (κ3) is 3.43. The van der Waals surface area contributed by atoms with E-state index in [9.17, 15) is 0 Å². The average molecular weight is 192 g/mol. The maximum atomic E-state index is 5.08. The molecule has 0 amide bonds. The third-order valence-electron chi connectivity index (χ3n) is 1.17. The Bertz CT molecular complexity index is 175. The van der Waals surface area contributed by atoms with E-state index < -0.39 is 6.48 Å². The lowest BCUT2D eigenvalue weighted by atomic mass is 10.8. The van der Waals surface area contributed by atoms with Crippen molar-refractivity contribution in [3.8, 4) is 0 Å². The van der Waals surface area contributed by atoms with Crippen LogP contribution in [0.3, 0.4) is 0 Å². The van der Waals surface area contributed by atoms with Gasteiger partial charge in [0.1, 0.15) is 0 Å². The molecule has 0 saturated heterocycles. The Kier molecular flexibility index (Phi) is 4.27. The molecule has 0 aliphatic carbocycles. The van der Waals surface area contributed by atoms with Crippen molar-refractivity contribution in [1.82, 2.24) is 5.43 Å². The Morgan fingerprint density at radius 1 is 1.62 bits per heavy atom. The summed E-state index contributed by atoms with van der Waals surface area (Å²) in [4.78, 5) is 10.9. The number of nitrogens with zero attached hydrogens (tertiary/aromatic N) is 2. The monoisotopic (exact) mass is 192 g/mol. The molecule has 13 heavy (non-hydrogen) atoms. The van der Waals surface area contributed by atoms with E-state index in [0.717, 1.165) is 4.97 Å². The van der Waals surface area contributed by atoms with E-state index >= 15 is 0 Å². The van der Waals surface area contributed by atoms with Gasteiger partial charge < -0.3 is 9.57 Å². The van der Waals surface area contributed by atoms with Gasteiger partial charge in [-0.05, 0) is 13.8 Å². The highest BCUT2D eigenvalue weighted by molar-refractivity contribution is 4.17. The molecule has 1 N–H and O–H groups in total. The van der Waals surface area contributed by atoms with E-state index in [0.29, 0.717) is 13.2 Å². The standard InChI is InChI=1S/C6H14N3O4/c1-3-7-9-8-12-5-11-6(13-9)10-4-2/h6H,3-5H2,1-2H3,(H,7,8)/q+1. The molecular formula is C6H14N3O4+. The van der Waals surface area contributed by atoms with Gasteiger partial charge in [-0.1, -0.05) is 0 Å². The fourth-order valence-corrected chi connectivity index (χ4v) is 0.709. The van der Waals surface area contributed by atoms with Gasteiger partial charge in [0.15, 0.2) is 0 Å². The molecule has 1 rings (SSSR count). The van der Waals surface area contributed by atoms with Gasteiger partial charge in [0.25, 0.3) is 10.2 Å². The van der Waals surface area contributed by atoms with Crippen molar-refractivity contribution in [3.05, 3.63) is 0 Å². The Morgan fingerprint density at radius 2 is 2.46 bits per heavy atom. The first-order chi connectivity index (χ1) is 6.36. The molecule has 0 spiro atoms. The van der Waals surface area contributed by atoms with Crippen molar-refractivity contribution in [2.45, 2.75) is 20.3 Å². The second-order valence-corrected chi connectivity index (χ2v) is 2.13. The van der Waals surface area contributed by atoms with E-state index in [1.807, 2.05) is 13.8 Å². The summed E-state index contributed by atoms with van der Waals surface area (Å²) < 4.78 is 10.1. The SMILES string of the molecule is CCN[N+]1=NOCOC(OCC)O1. The topological polar surface area (TPSA) is 64.3 Å².